The van der Waals surface area contributed by atoms with Crippen molar-refractivity contribution in [2.75, 3.05) is 17.2 Å². The van der Waals surface area contributed by atoms with Crippen LogP contribution in [0.3, 0.4) is 0 Å². The third-order valence-electron chi connectivity index (χ3n) is 4.03. The molecule has 0 radical (unpaired) electrons. The molecule has 0 aliphatic carbocycles. The van der Waals surface area contributed by atoms with Crippen molar-refractivity contribution < 1.29 is 14.3 Å². The van der Waals surface area contributed by atoms with Crippen LogP contribution in [0, 0.1) is 6.92 Å². The lowest BCUT2D eigenvalue weighted by molar-refractivity contribution is -0.116. The van der Waals surface area contributed by atoms with Gasteiger partial charge in [0.1, 0.15) is 5.75 Å². The third-order valence-corrected chi connectivity index (χ3v) is 4.95. The first kappa shape index (κ1) is 20.8. The Labute approximate surface area is 177 Å². The van der Waals surface area contributed by atoms with E-state index in [1.54, 1.807) is 41.9 Å². The number of anilines is 2. The smallest absolute Gasteiger partial charge is 0.257 e. The van der Waals surface area contributed by atoms with Gasteiger partial charge < -0.3 is 10.1 Å². The van der Waals surface area contributed by atoms with E-state index >= 15 is 0 Å². The number of halogens is 1. The minimum atomic E-state index is -0.243. The quantitative estimate of drug-likeness (QED) is 0.485. The minimum absolute atomic E-state index is 0.110. The molecule has 1 heterocycles. The number of nitrogens with one attached hydrogen (secondary N) is 2. The van der Waals surface area contributed by atoms with Gasteiger partial charge in [-0.25, -0.2) is 4.98 Å². The minimum Gasteiger partial charge on any atom is -0.493 e. The summed E-state index contributed by atoms with van der Waals surface area (Å²) in [7, 11) is 0. The van der Waals surface area contributed by atoms with Crippen LogP contribution in [-0.4, -0.2) is 23.4 Å². The van der Waals surface area contributed by atoms with Gasteiger partial charge in [0.25, 0.3) is 5.91 Å². The number of benzene rings is 2. The van der Waals surface area contributed by atoms with E-state index in [0.29, 0.717) is 40.9 Å². The average Bonchev–Trinajstić information content (AvgIpc) is 3.20. The first-order valence-electron chi connectivity index (χ1n) is 9.01. The van der Waals surface area contributed by atoms with Gasteiger partial charge in [-0.05, 0) is 61.4 Å². The summed E-state index contributed by atoms with van der Waals surface area (Å²) in [4.78, 5) is 28.2. The number of amides is 2. The van der Waals surface area contributed by atoms with Crippen molar-refractivity contribution in [1.29, 1.82) is 0 Å². The molecular formula is C21H20ClN3O3S. The number of thiazole rings is 1. The van der Waals surface area contributed by atoms with Gasteiger partial charge in [0.2, 0.25) is 5.91 Å². The molecule has 29 heavy (non-hydrogen) atoms. The van der Waals surface area contributed by atoms with E-state index in [4.69, 9.17) is 16.3 Å². The molecule has 0 spiro atoms. The summed E-state index contributed by atoms with van der Waals surface area (Å²) >= 11 is 7.27. The van der Waals surface area contributed by atoms with E-state index in [1.165, 1.54) is 11.3 Å². The summed E-state index contributed by atoms with van der Waals surface area (Å²) in [5, 5.41) is 8.53. The van der Waals surface area contributed by atoms with Gasteiger partial charge in [0.05, 0.1) is 6.61 Å². The predicted molar refractivity (Wildman–Crippen MR) is 116 cm³/mol. The maximum absolute atomic E-state index is 12.1. The lowest BCUT2D eigenvalue weighted by atomic mass is 10.2. The van der Waals surface area contributed by atoms with Crippen LogP contribution in [0.1, 0.15) is 28.8 Å². The molecule has 0 fully saturated rings. The number of nitrogens with zero attached hydrogens (tertiary/aromatic N) is 1. The summed E-state index contributed by atoms with van der Waals surface area (Å²) in [5.41, 5.74) is 2.08. The number of rotatable bonds is 8. The van der Waals surface area contributed by atoms with E-state index in [2.05, 4.69) is 15.6 Å². The Balaban J connectivity index is 1.41. The highest BCUT2D eigenvalue weighted by Gasteiger charge is 2.09. The third kappa shape index (κ3) is 6.30. The fourth-order valence-corrected chi connectivity index (χ4v) is 3.32. The Morgan fingerprint density at radius 3 is 2.62 bits per heavy atom. The van der Waals surface area contributed by atoms with Crippen molar-refractivity contribution in [2.45, 2.75) is 19.8 Å². The van der Waals surface area contributed by atoms with Crippen LogP contribution in [0.15, 0.2) is 54.0 Å². The molecule has 2 aromatic carbocycles. The molecule has 2 N–H and O–H groups in total. The molecule has 3 aromatic rings. The number of aryl methyl sites for hydroxylation is 1. The average molecular weight is 430 g/mol. The summed E-state index contributed by atoms with van der Waals surface area (Å²) in [5.74, 6) is 0.412. The fraction of sp³-hybridized carbons (Fsp3) is 0.190. The Kier molecular flexibility index (Phi) is 7.21. The fourth-order valence-electron chi connectivity index (χ4n) is 2.57. The van der Waals surface area contributed by atoms with Crippen molar-refractivity contribution >= 4 is 45.6 Å². The van der Waals surface area contributed by atoms with E-state index in [9.17, 15) is 9.59 Å². The van der Waals surface area contributed by atoms with Gasteiger partial charge in [-0.2, -0.15) is 0 Å². The Morgan fingerprint density at radius 1 is 1.14 bits per heavy atom. The maximum atomic E-state index is 12.1. The van der Waals surface area contributed by atoms with Gasteiger partial charge in [-0.3, -0.25) is 14.9 Å². The summed E-state index contributed by atoms with van der Waals surface area (Å²) in [6.45, 7) is 2.36. The summed E-state index contributed by atoms with van der Waals surface area (Å²) in [6, 6.07) is 12.1. The van der Waals surface area contributed by atoms with Crippen LogP contribution in [0.5, 0.6) is 5.75 Å². The number of aromatic nitrogens is 1. The Hall–Kier alpha value is -2.90. The second-order valence-electron chi connectivity index (χ2n) is 6.28. The van der Waals surface area contributed by atoms with Crippen molar-refractivity contribution in [2.24, 2.45) is 0 Å². The molecule has 0 saturated heterocycles. The highest BCUT2D eigenvalue weighted by Crippen LogP contribution is 2.22. The molecule has 6 nitrogen and oxygen atoms in total. The van der Waals surface area contributed by atoms with Gasteiger partial charge in [0.15, 0.2) is 5.13 Å². The normalized spacial score (nSPS) is 10.4. The second-order valence-corrected chi connectivity index (χ2v) is 7.61. The highest BCUT2D eigenvalue weighted by molar-refractivity contribution is 7.13. The van der Waals surface area contributed by atoms with E-state index in [-0.39, 0.29) is 11.8 Å². The zero-order valence-electron chi connectivity index (χ0n) is 15.8. The van der Waals surface area contributed by atoms with Gasteiger partial charge in [-0.15, -0.1) is 11.3 Å². The van der Waals surface area contributed by atoms with Crippen molar-refractivity contribution in [3.63, 3.8) is 0 Å². The molecule has 0 aliphatic heterocycles. The standard InChI is InChI=1S/C21H20ClN3O3S/c1-14-13-16(22)6-9-18(14)28-11-2-3-19(26)24-17-7-4-15(5-8-17)20(27)25-21-23-10-12-29-21/h4-10,12-13H,2-3,11H2,1H3,(H,24,26)(H,23,25,27). The molecule has 2 amide bonds. The van der Waals surface area contributed by atoms with Crippen molar-refractivity contribution in [1.82, 2.24) is 4.98 Å². The zero-order chi connectivity index (χ0) is 20.6. The Bertz CT molecular complexity index is 975. The molecule has 0 atom stereocenters. The van der Waals surface area contributed by atoms with E-state index < -0.39 is 0 Å². The topological polar surface area (TPSA) is 80.3 Å². The van der Waals surface area contributed by atoms with Crippen LogP contribution in [-0.2, 0) is 4.79 Å². The predicted octanol–water partition coefficient (Wildman–Crippen LogP) is 5.15. The lowest BCUT2D eigenvalue weighted by Crippen LogP contribution is -2.14. The number of hydrogen-bond donors (Lipinski definition) is 2. The van der Waals surface area contributed by atoms with Crippen LogP contribution in [0.4, 0.5) is 10.8 Å². The van der Waals surface area contributed by atoms with Gasteiger partial charge in [0, 0.05) is 34.3 Å². The molecule has 3 rings (SSSR count). The van der Waals surface area contributed by atoms with Crippen LogP contribution in [0.25, 0.3) is 0 Å². The molecule has 0 aliphatic rings. The number of hydrogen-bond acceptors (Lipinski definition) is 5. The van der Waals surface area contributed by atoms with Gasteiger partial charge >= 0.3 is 0 Å². The second kappa shape index (κ2) is 10.0. The molecule has 150 valence electrons. The molecule has 0 saturated carbocycles. The number of carbonyl (C=O) groups is 2. The van der Waals surface area contributed by atoms with Crippen LogP contribution in [0.2, 0.25) is 5.02 Å². The monoisotopic (exact) mass is 429 g/mol. The first-order chi connectivity index (χ1) is 14.0. The summed E-state index contributed by atoms with van der Waals surface area (Å²) in [6.07, 6.45) is 2.54. The highest BCUT2D eigenvalue weighted by atomic mass is 35.5. The zero-order valence-corrected chi connectivity index (χ0v) is 17.3. The molecular weight excluding hydrogens is 410 g/mol. The van der Waals surface area contributed by atoms with Crippen molar-refractivity contribution in [3.8, 4) is 5.75 Å². The number of carbonyl (C=O) groups excluding carboxylic acids is 2. The first-order valence-corrected chi connectivity index (χ1v) is 10.3. The molecule has 0 unspecified atom stereocenters. The lowest BCUT2D eigenvalue weighted by Gasteiger charge is -2.10. The SMILES string of the molecule is Cc1cc(Cl)ccc1OCCCC(=O)Nc1ccc(C(=O)Nc2nccs2)cc1. The van der Waals surface area contributed by atoms with Crippen molar-refractivity contribution in [3.05, 3.63) is 70.2 Å². The molecule has 0 bridgehead atoms. The maximum Gasteiger partial charge on any atom is 0.257 e. The van der Waals surface area contributed by atoms with Gasteiger partial charge in [-0.1, -0.05) is 11.6 Å². The van der Waals surface area contributed by atoms with E-state index in [0.717, 1.165) is 11.3 Å². The molecule has 8 heteroatoms. The van der Waals surface area contributed by atoms with Crippen LogP contribution < -0.4 is 15.4 Å². The number of ether oxygens (including phenoxy) is 1. The van der Waals surface area contributed by atoms with E-state index in [1.807, 2.05) is 19.1 Å². The summed E-state index contributed by atoms with van der Waals surface area (Å²) < 4.78 is 5.69. The largest absolute Gasteiger partial charge is 0.493 e. The van der Waals surface area contributed by atoms with Crippen LogP contribution >= 0.6 is 22.9 Å². The molecule has 1 aromatic heterocycles. The Morgan fingerprint density at radius 2 is 1.93 bits per heavy atom.